The highest BCUT2D eigenvalue weighted by Crippen LogP contribution is 2.36. The van der Waals surface area contributed by atoms with Gasteiger partial charge in [0, 0.05) is 11.6 Å². The van der Waals surface area contributed by atoms with Gasteiger partial charge in [-0.25, -0.2) is 4.79 Å². The number of carbonyl (C=O) groups is 2. The summed E-state index contributed by atoms with van der Waals surface area (Å²) in [5, 5.41) is 1.94. The molecule has 0 aromatic heterocycles. The van der Waals surface area contributed by atoms with E-state index in [1.54, 1.807) is 0 Å². The number of halogens is 4. The molecule has 1 rings (SSSR count). The minimum atomic E-state index is -4.69. The van der Waals surface area contributed by atoms with Crippen LogP contribution >= 0.6 is 11.6 Å². The zero-order valence-electron chi connectivity index (χ0n) is 14.7. The molecule has 0 heterocycles. The van der Waals surface area contributed by atoms with E-state index >= 15 is 0 Å². The molecule has 0 aliphatic rings. The largest absolute Gasteiger partial charge is 0.454 e. The lowest BCUT2D eigenvalue weighted by Crippen LogP contribution is -2.28. The molecule has 0 bridgehead atoms. The normalized spacial score (nSPS) is 12.8. The number of rotatable bonds is 8. The van der Waals surface area contributed by atoms with Gasteiger partial charge in [-0.15, -0.1) is 0 Å². The van der Waals surface area contributed by atoms with Crippen molar-refractivity contribution >= 4 is 29.2 Å². The fraction of sp³-hybridized carbons (Fsp3) is 0.529. The standard InChI is InChI=1S/C17H21ClF3NO4/c1-10(2)6-7-25-11(3)16(24)26-9-15(23)22-14-5-4-12(18)8-13(14)17(19,20)21/h4-5,8,10-11H,6-7,9H2,1-3H3,(H,22,23). The highest BCUT2D eigenvalue weighted by molar-refractivity contribution is 6.30. The fourth-order valence-corrected chi connectivity index (χ4v) is 2.02. The Balaban J connectivity index is 2.56. The Bertz CT molecular complexity index is 635. The summed E-state index contributed by atoms with van der Waals surface area (Å²) < 4.78 is 48.9. The number of esters is 1. The van der Waals surface area contributed by atoms with Gasteiger partial charge in [-0.2, -0.15) is 13.2 Å². The molecule has 1 atom stereocenters. The van der Waals surface area contributed by atoms with Gasteiger partial charge in [0.1, 0.15) is 0 Å². The lowest BCUT2D eigenvalue weighted by molar-refractivity contribution is -0.158. The van der Waals surface area contributed by atoms with Gasteiger partial charge in [0.25, 0.3) is 5.91 Å². The first-order valence-electron chi connectivity index (χ1n) is 7.95. The number of alkyl halides is 3. The lowest BCUT2D eigenvalue weighted by atomic mass is 10.1. The van der Waals surface area contributed by atoms with Crippen molar-refractivity contribution in [1.29, 1.82) is 0 Å². The van der Waals surface area contributed by atoms with Gasteiger partial charge in [0.05, 0.1) is 11.3 Å². The minimum Gasteiger partial charge on any atom is -0.454 e. The highest BCUT2D eigenvalue weighted by atomic mass is 35.5. The number of ether oxygens (including phenoxy) is 2. The Morgan fingerprint density at radius 1 is 1.23 bits per heavy atom. The molecule has 1 aromatic rings. The summed E-state index contributed by atoms with van der Waals surface area (Å²) >= 11 is 5.56. The maximum absolute atomic E-state index is 13.0. The number of benzene rings is 1. The predicted octanol–water partition coefficient (Wildman–Crippen LogP) is 4.29. The third kappa shape index (κ3) is 7.61. The monoisotopic (exact) mass is 395 g/mol. The highest BCUT2D eigenvalue weighted by Gasteiger charge is 2.34. The first-order chi connectivity index (χ1) is 12.0. The molecule has 0 aliphatic heterocycles. The molecule has 0 fully saturated rings. The topological polar surface area (TPSA) is 64.6 Å². The van der Waals surface area contributed by atoms with Crippen LogP contribution in [-0.4, -0.2) is 31.2 Å². The van der Waals surface area contributed by atoms with Crippen molar-refractivity contribution in [3.8, 4) is 0 Å². The van der Waals surface area contributed by atoms with Crippen molar-refractivity contribution in [3.63, 3.8) is 0 Å². The van der Waals surface area contributed by atoms with E-state index in [1.165, 1.54) is 13.0 Å². The van der Waals surface area contributed by atoms with Crippen molar-refractivity contribution in [1.82, 2.24) is 0 Å². The summed E-state index contributed by atoms with van der Waals surface area (Å²) in [6.45, 7) is 5.11. The second-order valence-electron chi connectivity index (χ2n) is 6.04. The second kappa shape index (κ2) is 9.78. The molecule has 1 amide bonds. The van der Waals surface area contributed by atoms with Crippen LogP contribution in [0.5, 0.6) is 0 Å². The SMILES string of the molecule is CC(C)CCOC(C)C(=O)OCC(=O)Nc1ccc(Cl)cc1C(F)(F)F. The van der Waals surface area contributed by atoms with Crippen molar-refractivity contribution in [2.24, 2.45) is 5.92 Å². The molecule has 0 saturated carbocycles. The number of amides is 1. The molecule has 1 aromatic carbocycles. The first-order valence-corrected chi connectivity index (χ1v) is 8.33. The molecule has 0 spiro atoms. The van der Waals surface area contributed by atoms with E-state index in [1.807, 2.05) is 13.8 Å². The average Bonchev–Trinajstić information content (AvgIpc) is 2.52. The number of anilines is 1. The maximum atomic E-state index is 13.0. The molecule has 0 saturated heterocycles. The third-order valence-corrected chi connectivity index (χ3v) is 3.54. The summed E-state index contributed by atoms with van der Waals surface area (Å²) in [5.74, 6) is -1.26. The van der Waals surface area contributed by atoms with Gasteiger partial charge < -0.3 is 14.8 Å². The molecule has 9 heteroatoms. The number of carbonyl (C=O) groups excluding carboxylic acids is 2. The van der Waals surface area contributed by atoms with Crippen LogP contribution in [0.4, 0.5) is 18.9 Å². The van der Waals surface area contributed by atoms with Crippen LogP contribution in [0.1, 0.15) is 32.8 Å². The minimum absolute atomic E-state index is 0.117. The summed E-state index contributed by atoms with van der Waals surface area (Å²) in [6, 6.07) is 2.94. The zero-order valence-corrected chi connectivity index (χ0v) is 15.4. The molecule has 5 nitrogen and oxygen atoms in total. The van der Waals surface area contributed by atoms with E-state index in [0.29, 0.717) is 18.6 Å². The van der Waals surface area contributed by atoms with Crippen LogP contribution in [0.2, 0.25) is 5.02 Å². The molecule has 26 heavy (non-hydrogen) atoms. The van der Waals surface area contributed by atoms with Crippen molar-refractivity contribution in [3.05, 3.63) is 28.8 Å². The Morgan fingerprint density at radius 2 is 1.88 bits per heavy atom. The quantitative estimate of drug-likeness (QED) is 0.667. The second-order valence-corrected chi connectivity index (χ2v) is 6.48. The van der Waals surface area contributed by atoms with Crippen LogP contribution in [0, 0.1) is 5.92 Å². The summed E-state index contributed by atoms with van der Waals surface area (Å²) in [6.07, 6.45) is -4.81. The molecule has 1 unspecified atom stereocenters. The molecular formula is C17H21ClF3NO4. The average molecular weight is 396 g/mol. The molecule has 0 radical (unpaired) electrons. The number of nitrogens with one attached hydrogen (secondary N) is 1. The Kier molecular flexibility index (Phi) is 8.36. The van der Waals surface area contributed by atoms with E-state index in [9.17, 15) is 22.8 Å². The molecular weight excluding hydrogens is 375 g/mol. The maximum Gasteiger partial charge on any atom is 0.418 e. The van der Waals surface area contributed by atoms with E-state index in [2.05, 4.69) is 5.32 Å². The molecule has 0 aliphatic carbocycles. The van der Waals surface area contributed by atoms with Crippen LogP contribution in [0.25, 0.3) is 0 Å². The third-order valence-electron chi connectivity index (χ3n) is 3.30. The summed E-state index contributed by atoms with van der Waals surface area (Å²) in [7, 11) is 0. The zero-order chi connectivity index (χ0) is 19.9. The molecule has 1 N–H and O–H groups in total. The van der Waals surface area contributed by atoms with Gasteiger partial charge in [0.2, 0.25) is 0 Å². The summed E-state index contributed by atoms with van der Waals surface area (Å²) in [5.41, 5.74) is -1.56. The van der Waals surface area contributed by atoms with Crippen LogP contribution < -0.4 is 5.32 Å². The van der Waals surface area contributed by atoms with Gasteiger partial charge in [-0.3, -0.25) is 4.79 Å². The van der Waals surface area contributed by atoms with Gasteiger partial charge >= 0.3 is 12.1 Å². The number of hydrogen-bond donors (Lipinski definition) is 1. The fourth-order valence-electron chi connectivity index (χ4n) is 1.85. The van der Waals surface area contributed by atoms with E-state index in [4.69, 9.17) is 21.1 Å². The van der Waals surface area contributed by atoms with Crippen LogP contribution in [-0.2, 0) is 25.2 Å². The van der Waals surface area contributed by atoms with Gasteiger partial charge in [-0.1, -0.05) is 25.4 Å². The lowest BCUT2D eigenvalue weighted by Gasteiger charge is -2.15. The van der Waals surface area contributed by atoms with Crippen LogP contribution in [0.15, 0.2) is 18.2 Å². The smallest absolute Gasteiger partial charge is 0.418 e. The van der Waals surface area contributed by atoms with E-state index in [0.717, 1.165) is 12.5 Å². The van der Waals surface area contributed by atoms with Crippen molar-refractivity contribution < 1.29 is 32.2 Å². The predicted molar refractivity (Wildman–Crippen MR) is 90.9 cm³/mol. The van der Waals surface area contributed by atoms with Gasteiger partial charge in [-0.05, 0) is 37.5 Å². The van der Waals surface area contributed by atoms with Crippen LogP contribution in [0.3, 0.4) is 0 Å². The van der Waals surface area contributed by atoms with E-state index < -0.39 is 42.0 Å². The molecule has 146 valence electrons. The van der Waals surface area contributed by atoms with Crippen molar-refractivity contribution in [2.45, 2.75) is 39.5 Å². The van der Waals surface area contributed by atoms with Crippen molar-refractivity contribution in [2.75, 3.05) is 18.5 Å². The first kappa shape index (κ1) is 22.2. The number of hydrogen-bond acceptors (Lipinski definition) is 4. The Hall–Kier alpha value is -1.80. The Morgan fingerprint density at radius 3 is 2.46 bits per heavy atom. The Labute approximate surface area is 154 Å². The van der Waals surface area contributed by atoms with E-state index in [-0.39, 0.29) is 5.02 Å². The van der Waals surface area contributed by atoms with Gasteiger partial charge in [0.15, 0.2) is 12.7 Å². The summed E-state index contributed by atoms with van der Waals surface area (Å²) in [4.78, 5) is 23.5.